The maximum atomic E-state index is 12.6. The fourth-order valence-corrected chi connectivity index (χ4v) is 2.78. The number of amides is 1. The lowest BCUT2D eigenvalue weighted by Gasteiger charge is -2.33. The lowest BCUT2D eigenvalue weighted by atomic mass is 9.85. The topological polar surface area (TPSA) is 110 Å². The molecule has 0 radical (unpaired) electrons. The van der Waals surface area contributed by atoms with E-state index in [0.717, 1.165) is 6.26 Å². The summed E-state index contributed by atoms with van der Waals surface area (Å²) < 4.78 is 28.5. The molecule has 0 aliphatic rings. The van der Waals surface area contributed by atoms with Crippen LogP contribution in [0.15, 0.2) is 23.1 Å². The first-order chi connectivity index (χ1) is 10.9. The average molecular weight is 357 g/mol. The van der Waals surface area contributed by atoms with E-state index in [1.54, 1.807) is 20.8 Å². The molecule has 0 saturated carbocycles. The van der Waals surface area contributed by atoms with Crippen LogP contribution in [0.3, 0.4) is 0 Å². The van der Waals surface area contributed by atoms with Crippen molar-refractivity contribution in [3.05, 3.63) is 23.8 Å². The number of ether oxygens (including phenoxy) is 1. The van der Waals surface area contributed by atoms with Crippen molar-refractivity contribution in [2.75, 3.05) is 13.4 Å². The van der Waals surface area contributed by atoms with Crippen molar-refractivity contribution >= 4 is 21.7 Å². The van der Waals surface area contributed by atoms with Crippen molar-refractivity contribution in [3.8, 4) is 5.75 Å². The second-order valence-corrected chi connectivity index (χ2v) is 8.25. The number of nitrogens with one attached hydrogen (secondary N) is 1. The summed E-state index contributed by atoms with van der Waals surface area (Å²) in [6.07, 6.45) is 0.781. The average Bonchev–Trinajstić information content (AvgIpc) is 2.44. The second-order valence-electron chi connectivity index (χ2n) is 6.23. The summed E-state index contributed by atoms with van der Waals surface area (Å²) in [5.41, 5.74) is -0.952. The van der Waals surface area contributed by atoms with Crippen molar-refractivity contribution in [1.29, 1.82) is 0 Å². The molecular weight excluding hydrogens is 334 g/mol. The van der Waals surface area contributed by atoms with Crippen LogP contribution >= 0.6 is 0 Å². The molecule has 2 N–H and O–H groups in total. The molecule has 0 spiro atoms. The highest BCUT2D eigenvalue weighted by atomic mass is 32.2. The van der Waals surface area contributed by atoms with E-state index in [1.165, 1.54) is 25.3 Å². The van der Waals surface area contributed by atoms with Gasteiger partial charge in [-0.15, -0.1) is 0 Å². The van der Waals surface area contributed by atoms with Gasteiger partial charge in [-0.3, -0.25) is 9.59 Å². The summed E-state index contributed by atoms with van der Waals surface area (Å²) in [5, 5.41) is 11.8. The summed E-state index contributed by atoms with van der Waals surface area (Å²) in [6.45, 7) is 5.23. The number of carboxylic acid groups (broad SMARTS) is 1. The van der Waals surface area contributed by atoms with E-state index in [-0.39, 0.29) is 28.5 Å². The summed E-state index contributed by atoms with van der Waals surface area (Å²) in [7, 11) is -2.13. The minimum atomic E-state index is -3.49. The van der Waals surface area contributed by atoms with Crippen LogP contribution < -0.4 is 10.1 Å². The number of rotatable bonds is 7. The van der Waals surface area contributed by atoms with Gasteiger partial charge in [0.05, 0.1) is 29.5 Å². The summed E-state index contributed by atoms with van der Waals surface area (Å²) >= 11 is 0. The molecule has 0 aliphatic carbocycles. The maximum Gasteiger partial charge on any atom is 0.305 e. The molecule has 1 aromatic carbocycles. The number of hydrogen-bond donors (Lipinski definition) is 2. The van der Waals surface area contributed by atoms with Crippen LogP contribution in [0.2, 0.25) is 0 Å². The van der Waals surface area contributed by atoms with Crippen molar-refractivity contribution < 1.29 is 27.9 Å². The van der Waals surface area contributed by atoms with Crippen LogP contribution in [0.1, 0.15) is 37.6 Å². The number of aliphatic carboxylic acids is 1. The lowest BCUT2D eigenvalue weighted by Crippen LogP contribution is -2.51. The van der Waals surface area contributed by atoms with Gasteiger partial charge in [-0.25, -0.2) is 8.42 Å². The van der Waals surface area contributed by atoms with E-state index >= 15 is 0 Å². The predicted octanol–water partition coefficient (Wildman–Crippen LogP) is 1.72. The van der Waals surface area contributed by atoms with Gasteiger partial charge < -0.3 is 15.2 Å². The first kappa shape index (κ1) is 20.0. The number of hydrogen-bond acceptors (Lipinski definition) is 5. The SMILES string of the molecule is COc1ccc(S(C)(=O)=O)cc1C(=O)NC(C)(CC(=O)O)C(C)C. The van der Waals surface area contributed by atoms with Gasteiger partial charge in [0.1, 0.15) is 5.75 Å². The minimum Gasteiger partial charge on any atom is -0.496 e. The predicted molar refractivity (Wildman–Crippen MR) is 89.1 cm³/mol. The Labute approximate surface area is 141 Å². The van der Waals surface area contributed by atoms with Crippen molar-refractivity contribution in [1.82, 2.24) is 5.32 Å². The Morgan fingerprint density at radius 1 is 1.33 bits per heavy atom. The van der Waals surface area contributed by atoms with Gasteiger partial charge in [0.15, 0.2) is 9.84 Å². The monoisotopic (exact) mass is 357 g/mol. The van der Waals surface area contributed by atoms with Gasteiger partial charge in [-0.1, -0.05) is 13.8 Å². The summed E-state index contributed by atoms with van der Waals surface area (Å²) in [5.74, 6) is -1.57. The second kappa shape index (κ2) is 7.21. The largest absolute Gasteiger partial charge is 0.496 e. The van der Waals surface area contributed by atoms with E-state index < -0.39 is 27.3 Å². The van der Waals surface area contributed by atoms with Crippen molar-refractivity contribution in [3.63, 3.8) is 0 Å². The highest BCUT2D eigenvalue weighted by Crippen LogP contribution is 2.26. The Kier molecular flexibility index (Phi) is 5.99. The quantitative estimate of drug-likeness (QED) is 0.769. The Morgan fingerprint density at radius 2 is 1.92 bits per heavy atom. The van der Waals surface area contributed by atoms with E-state index in [1.807, 2.05) is 0 Å². The maximum absolute atomic E-state index is 12.6. The molecule has 0 aliphatic heterocycles. The molecular formula is C16H23NO6S. The van der Waals surface area contributed by atoms with Crippen LogP contribution in [-0.2, 0) is 14.6 Å². The summed E-state index contributed by atoms with van der Waals surface area (Å²) in [6, 6.07) is 3.98. The number of benzene rings is 1. The van der Waals surface area contributed by atoms with Gasteiger partial charge in [0.2, 0.25) is 0 Å². The molecule has 0 fully saturated rings. The number of sulfone groups is 1. The Hall–Kier alpha value is -2.09. The molecule has 134 valence electrons. The standard InChI is InChI=1S/C16H23NO6S/c1-10(2)16(3,9-14(18)19)17-15(20)12-8-11(24(5,21)22)6-7-13(12)23-4/h6-8,10H,9H2,1-5H3,(H,17,20)(H,18,19). The fraction of sp³-hybridized carbons (Fsp3) is 0.500. The highest BCUT2D eigenvalue weighted by Gasteiger charge is 2.34. The van der Waals surface area contributed by atoms with Gasteiger partial charge in [-0.05, 0) is 31.0 Å². The molecule has 7 nitrogen and oxygen atoms in total. The van der Waals surface area contributed by atoms with Crippen LogP contribution in [0.4, 0.5) is 0 Å². The van der Waals surface area contributed by atoms with Crippen molar-refractivity contribution in [2.24, 2.45) is 5.92 Å². The first-order valence-electron chi connectivity index (χ1n) is 7.33. The number of carbonyl (C=O) groups is 2. The molecule has 1 amide bonds. The molecule has 0 bridgehead atoms. The number of carboxylic acids is 1. The molecule has 0 aromatic heterocycles. The molecule has 1 aromatic rings. The smallest absolute Gasteiger partial charge is 0.305 e. The zero-order chi connectivity index (χ0) is 18.7. The molecule has 1 unspecified atom stereocenters. The first-order valence-corrected chi connectivity index (χ1v) is 9.22. The molecule has 1 rings (SSSR count). The van der Waals surface area contributed by atoms with Crippen LogP contribution in [0.25, 0.3) is 0 Å². The van der Waals surface area contributed by atoms with Gasteiger partial charge in [0, 0.05) is 6.26 Å². The number of carbonyl (C=O) groups excluding carboxylic acids is 1. The van der Waals surface area contributed by atoms with Gasteiger partial charge in [0.25, 0.3) is 5.91 Å². The van der Waals surface area contributed by atoms with Crippen LogP contribution in [0, 0.1) is 5.92 Å². The molecule has 0 saturated heterocycles. The van der Waals surface area contributed by atoms with E-state index in [2.05, 4.69) is 5.32 Å². The number of methoxy groups -OCH3 is 1. The molecule has 8 heteroatoms. The normalized spacial score (nSPS) is 14.1. The van der Waals surface area contributed by atoms with Crippen molar-refractivity contribution in [2.45, 2.75) is 37.6 Å². The highest BCUT2D eigenvalue weighted by molar-refractivity contribution is 7.90. The zero-order valence-electron chi connectivity index (χ0n) is 14.4. The third-order valence-corrected chi connectivity index (χ3v) is 5.15. The zero-order valence-corrected chi connectivity index (χ0v) is 15.2. The molecule has 24 heavy (non-hydrogen) atoms. The Balaban J connectivity index is 3.29. The summed E-state index contributed by atoms with van der Waals surface area (Å²) in [4.78, 5) is 23.7. The third kappa shape index (κ3) is 4.70. The van der Waals surface area contributed by atoms with E-state index in [4.69, 9.17) is 9.84 Å². The van der Waals surface area contributed by atoms with Crippen LogP contribution in [-0.4, -0.2) is 44.3 Å². The van der Waals surface area contributed by atoms with Gasteiger partial charge in [-0.2, -0.15) is 0 Å². The van der Waals surface area contributed by atoms with Crippen LogP contribution in [0.5, 0.6) is 5.75 Å². The minimum absolute atomic E-state index is 0.0158. The van der Waals surface area contributed by atoms with E-state index in [9.17, 15) is 18.0 Å². The molecule has 1 atom stereocenters. The Morgan fingerprint density at radius 3 is 2.33 bits per heavy atom. The van der Waals surface area contributed by atoms with E-state index in [0.29, 0.717) is 0 Å². The fourth-order valence-electron chi connectivity index (χ4n) is 2.13. The molecule has 0 heterocycles. The Bertz CT molecular complexity index is 741. The van der Waals surface area contributed by atoms with Gasteiger partial charge >= 0.3 is 5.97 Å². The third-order valence-electron chi connectivity index (χ3n) is 4.04. The lowest BCUT2D eigenvalue weighted by molar-refractivity contribution is -0.138.